The van der Waals surface area contributed by atoms with Gasteiger partial charge in [0.25, 0.3) is 0 Å². The predicted octanol–water partition coefficient (Wildman–Crippen LogP) is 2.90. The van der Waals surface area contributed by atoms with Gasteiger partial charge < -0.3 is 22.1 Å². The Morgan fingerprint density at radius 3 is 1.62 bits per heavy atom. The zero-order valence-corrected chi connectivity index (χ0v) is 23.4. The van der Waals surface area contributed by atoms with Crippen LogP contribution in [0.1, 0.15) is 70.0 Å². The van der Waals surface area contributed by atoms with Crippen LogP contribution in [0.3, 0.4) is 0 Å². The lowest BCUT2D eigenvalue weighted by Crippen LogP contribution is -2.15. The van der Waals surface area contributed by atoms with E-state index in [9.17, 15) is 9.59 Å². The van der Waals surface area contributed by atoms with Crippen LogP contribution < -0.4 is 22.1 Å². The van der Waals surface area contributed by atoms with Crippen LogP contribution in [0.15, 0.2) is 36.7 Å². The van der Waals surface area contributed by atoms with Crippen LogP contribution in [-0.4, -0.2) is 42.2 Å². The van der Waals surface area contributed by atoms with Crippen molar-refractivity contribution < 1.29 is 9.59 Å². The van der Waals surface area contributed by atoms with E-state index in [-0.39, 0.29) is 36.5 Å². The number of hydrogen-bond donors (Lipinski definition) is 4. The van der Waals surface area contributed by atoms with Gasteiger partial charge in [0.05, 0.1) is 12.8 Å². The number of anilines is 2. The number of pyridine rings is 2. The minimum Gasteiger partial charge on any atom is -0.326 e. The molecule has 208 valence electrons. The molecule has 2 amide bonds. The molecule has 1 fully saturated rings. The molecule has 0 radical (unpaired) electrons. The zero-order valence-electron chi connectivity index (χ0n) is 21.7. The van der Waals surface area contributed by atoms with Gasteiger partial charge in [0.2, 0.25) is 22.1 Å². The first-order valence-corrected chi connectivity index (χ1v) is 14.7. The molecule has 12 nitrogen and oxygen atoms in total. The number of nitrogens with one attached hydrogen (secondary N) is 2. The van der Waals surface area contributed by atoms with E-state index in [4.69, 9.17) is 11.5 Å². The second-order valence-electron chi connectivity index (χ2n) is 9.63. The van der Waals surface area contributed by atoms with Crippen molar-refractivity contribution in [1.29, 1.82) is 0 Å². The fraction of sp³-hybridized carbons (Fsp3) is 0.385. The summed E-state index contributed by atoms with van der Waals surface area (Å²) in [4.78, 5) is 33.5. The average molecular weight is 579 g/mol. The number of carbonyl (C=O) groups excluding carboxylic acids is 2. The normalized spacial score (nSPS) is 16.9. The summed E-state index contributed by atoms with van der Waals surface area (Å²) in [5.74, 6) is 0.0572. The summed E-state index contributed by atoms with van der Waals surface area (Å²) in [5.41, 5.74) is 14.4. The minimum absolute atomic E-state index is 0.151. The predicted molar refractivity (Wildman–Crippen MR) is 153 cm³/mol. The summed E-state index contributed by atoms with van der Waals surface area (Å²) in [6, 6.07) is 7.34. The van der Waals surface area contributed by atoms with Gasteiger partial charge in [-0.05, 0) is 42.5 Å². The molecular weight excluding hydrogens is 548 g/mol. The van der Waals surface area contributed by atoms with Crippen LogP contribution in [0.5, 0.6) is 0 Å². The lowest BCUT2D eigenvalue weighted by molar-refractivity contribution is -0.116. The molecule has 5 rings (SSSR count). The quantitative estimate of drug-likeness (QED) is 0.218. The summed E-state index contributed by atoms with van der Waals surface area (Å²) < 4.78 is 0. The zero-order chi connectivity index (χ0) is 27.9. The Bertz CT molecular complexity index is 1330. The highest BCUT2D eigenvalue weighted by molar-refractivity contribution is 7.15. The van der Waals surface area contributed by atoms with Crippen molar-refractivity contribution in [2.45, 2.75) is 63.5 Å². The third-order valence-electron chi connectivity index (χ3n) is 6.67. The molecule has 6 N–H and O–H groups in total. The molecule has 4 aromatic rings. The van der Waals surface area contributed by atoms with E-state index in [0.717, 1.165) is 46.8 Å². The van der Waals surface area contributed by atoms with Crippen molar-refractivity contribution >= 4 is 44.8 Å². The van der Waals surface area contributed by atoms with E-state index in [2.05, 4.69) is 41.0 Å². The summed E-state index contributed by atoms with van der Waals surface area (Å²) in [7, 11) is 0. The molecule has 2 atom stereocenters. The SMILES string of the molecule is NCc1ccc(CC(=O)Nc2nnc([C@H]3CCC[C@H](c4nnc(NC(=O)Cc5ccc(CN)cn5)s4)C3)s2)nc1. The van der Waals surface area contributed by atoms with Gasteiger partial charge >= 0.3 is 0 Å². The molecular formula is C26H30N10O2S2. The lowest BCUT2D eigenvalue weighted by Gasteiger charge is -2.25. The maximum absolute atomic E-state index is 12.5. The summed E-state index contributed by atoms with van der Waals surface area (Å²) in [6.45, 7) is 0.824. The van der Waals surface area contributed by atoms with Gasteiger partial charge in [-0.2, -0.15) is 0 Å². The molecule has 0 spiro atoms. The van der Waals surface area contributed by atoms with Gasteiger partial charge in [0.1, 0.15) is 10.0 Å². The van der Waals surface area contributed by atoms with E-state index in [1.807, 2.05) is 12.1 Å². The van der Waals surface area contributed by atoms with E-state index in [1.165, 1.54) is 22.7 Å². The highest BCUT2D eigenvalue weighted by Crippen LogP contribution is 2.43. The van der Waals surface area contributed by atoms with Crippen LogP contribution in [0.25, 0.3) is 0 Å². The molecule has 0 bridgehead atoms. The van der Waals surface area contributed by atoms with Gasteiger partial charge in [-0.3, -0.25) is 19.6 Å². The standard InChI is InChI=1S/C26H30N10O2S2/c27-11-15-4-6-19(29-13-15)9-21(37)31-25-35-33-23(39-25)17-2-1-3-18(8-17)24-34-36-26(40-24)32-22(38)10-20-7-5-16(12-28)14-30-20/h4-7,13-14,17-18H,1-3,8-12,27-28H2,(H,31,35,37)(H,32,36,38)/t17-,18-/m0/s1. The Labute approximate surface area is 239 Å². The van der Waals surface area contributed by atoms with Crippen LogP contribution in [-0.2, 0) is 35.5 Å². The van der Waals surface area contributed by atoms with Crippen molar-refractivity contribution in [3.8, 4) is 0 Å². The molecule has 0 aromatic carbocycles. The van der Waals surface area contributed by atoms with Crippen molar-refractivity contribution in [2.24, 2.45) is 11.5 Å². The van der Waals surface area contributed by atoms with Crippen LogP contribution in [0.4, 0.5) is 10.3 Å². The topological polar surface area (TPSA) is 188 Å². The fourth-order valence-corrected chi connectivity index (χ4v) is 6.37. The summed E-state index contributed by atoms with van der Waals surface area (Å²) in [5, 5.41) is 25.6. The van der Waals surface area contributed by atoms with Crippen LogP contribution >= 0.6 is 22.7 Å². The van der Waals surface area contributed by atoms with E-state index < -0.39 is 0 Å². The first-order valence-electron chi connectivity index (χ1n) is 13.0. The van der Waals surface area contributed by atoms with Gasteiger partial charge in [0, 0.05) is 48.7 Å². The number of aromatic nitrogens is 6. The number of carbonyl (C=O) groups is 2. The minimum atomic E-state index is -0.191. The average Bonchev–Trinajstić information content (AvgIpc) is 3.64. The van der Waals surface area contributed by atoms with Crippen molar-refractivity contribution in [3.05, 3.63) is 69.2 Å². The molecule has 1 aliphatic rings. The molecule has 1 saturated carbocycles. The fourth-order valence-electron chi connectivity index (χ4n) is 4.56. The Morgan fingerprint density at radius 1 is 0.750 bits per heavy atom. The van der Waals surface area contributed by atoms with Gasteiger partial charge in [0.15, 0.2) is 0 Å². The van der Waals surface area contributed by atoms with Crippen molar-refractivity contribution in [1.82, 2.24) is 30.4 Å². The summed E-state index contributed by atoms with van der Waals surface area (Å²) >= 11 is 2.81. The van der Waals surface area contributed by atoms with E-state index >= 15 is 0 Å². The Morgan fingerprint density at radius 2 is 1.23 bits per heavy atom. The van der Waals surface area contributed by atoms with Crippen LogP contribution in [0, 0.1) is 0 Å². The first-order chi connectivity index (χ1) is 19.5. The molecule has 0 unspecified atom stereocenters. The Balaban J connectivity index is 1.13. The molecule has 4 aromatic heterocycles. The molecule has 40 heavy (non-hydrogen) atoms. The summed E-state index contributed by atoms with van der Waals surface area (Å²) in [6.07, 6.45) is 7.54. The number of nitrogens with zero attached hydrogens (tertiary/aromatic N) is 6. The third kappa shape index (κ3) is 7.27. The molecule has 0 saturated heterocycles. The first kappa shape index (κ1) is 27.8. The largest absolute Gasteiger partial charge is 0.326 e. The molecule has 1 aliphatic carbocycles. The Hall–Kier alpha value is -3.72. The van der Waals surface area contributed by atoms with Gasteiger partial charge in [-0.25, -0.2) is 0 Å². The number of hydrogen-bond acceptors (Lipinski definition) is 12. The highest BCUT2D eigenvalue weighted by Gasteiger charge is 2.29. The lowest BCUT2D eigenvalue weighted by atomic mass is 9.82. The molecule has 0 aliphatic heterocycles. The maximum atomic E-state index is 12.5. The monoisotopic (exact) mass is 578 g/mol. The van der Waals surface area contributed by atoms with Crippen molar-refractivity contribution in [2.75, 3.05) is 10.6 Å². The number of rotatable bonds is 10. The second kappa shape index (κ2) is 13.1. The van der Waals surface area contributed by atoms with Crippen molar-refractivity contribution in [3.63, 3.8) is 0 Å². The third-order valence-corrected chi connectivity index (χ3v) is 8.68. The smallest absolute Gasteiger partial charge is 0.232 e. The van der Waals surface area contributed by atoms with Crippen LogP contribution in [0.2, 0.25) is 0 Å². The molecule has 14 heteroatoms. The van der Waals surface area contributed by atoms with E-state index in [1.54, 1.807) is 24.5 Å². The highest BCUT2D eigenvalue weighted by atomic mass is 32.1. The Kier molecular flexibility index (Phi) is 9.11. The second-order valence-corrected chi connectivity index (χ2v) is 11.6. The molecule has 4 heterocycles. The van der Waals surface area contributed by atoms with E-state index in [0.29, 0.717) is 34.7 Å². The maximum Gasteiger partial charge on any atom is 0.232 e. The number of amides is 2. The van der Waals surface area contributed by atoms with Gasteiger partial charge in [-0.15, -0.1) is 20.4 Å². The number of nitrogens with two attached hydrogens (primary N) is 2. The van der Waals surface area contributed by atoms with Gasteiger partial charge in [-0.1, -0.05) is 41.2 Å².